The third-order valence-corrected chi connectivity index (χ3v) is 2.91. The Hall–Kier alpha value is -1.59. The number of rotatable bonds is 4. The van der Waals surface area contributed by atoms with E-state index in [1.807, 2.05) is 0 Å². The molecule has 1 unspecified atom stereocenters. The van der Waals surface area contributed by atoms with Gasteiger partial charge in [0.05, 0.1) is 13.2 Å². The van der Waals surface area contributed by atoms with Crippen molar-refractivity contribution in [3.8, 4) is 5.75 Å². The van der Waals surface area contributed by atoms with Crippen molar-refractivity contribution in [1.29, 1.82) is 0 Å². The number of ether oxygens (including phenoxy) is 2. The number of benzene rings is 1. The van der Waals surface area contributed by atoms with E-state index in [1.165, 1.54) is 0 Å². The lowest BCUT2D eigenvalue weighted by Crippen LogP contribution is -2.26. The summed E-state index contributed by atoms with van der Waals surface area (Å²) in [4.78, 5) is 10.8. The molecule has 5 heteroatoms. The molecule has 0 saturated carbocycles. The number of hydrogen-bond acceptors (Lipinski definition) is 4. The van der Waals surface area contributed by atoms with E-state index in [0.29, 0.717) is 19.0 Å². The molecule has 98 valence electrons. The molecule has 0 bridgehead atoms. The van der Waals surface area contributed by atoms with Crippen LogP contribution in [0, 0.1) is 0 Å². The molecule has 0 aliphatic carbocycles. The number of aliphatic carboxylic acids is 1. The van der Waals surface area contributed by atoms with Gasteiger partial charge in [-0.05, 0) is 6.07 Å². The summed E-state index contributed by atoms with van der Waals surface area (Å²) in [6.45, 7) is 1.29. The minimum absolute atomic E-state index is 0.0147. The standard InChI is InChI=1S/C13H16O5/c14-12(13(15)16)10-3-1-2-4-11(10)18-9-5-7-17-8-6-9/h1-4,9,12,14H,5-8H2,(H,15,16). The lowest BCUT2D eigenvalue weighted by Gasteiger charge is -2.25. The predicted octanol–water partition coefficient (Wildman–Crippen LogP) is 1.36. The highest BCUT2D eigenvalue weighted by atomic mass is 16.5. The molecule has 1 aromatic rings. The van der Waals surface area contributed by atoms with E-state index in [4.69, 9.17) is 14.6 Å². The number of carboxylic acids is 1. The first-order valence-electron chi connectivity index (χ1n) is 5.92. The largest absolute Gasteiger partial charge is 0.490 e. The summed E-state index contributed by atoms with van der Waals surface area (Å²) < 4.78 is 11.0. The summed E-state index contributed by atoms with van der Waals surface area (Å²) in [6, 6.07) is 6.68. The van der Waals surface area contributed by atoms with Gasteiger partial charge in [0.1, 0.15) is 11.9 Å². The van der Waals surface area contributed by atoms with Crippen molar-refractivity contribution >= 4 is 5.97 Å². The van der Waals surface area contributed by atoms with Crippen LogP contribution in [0.5, 0.6) is 5.75 Å². The first-order valence-corrected chi connectivity index (χ1v) is 5.92. The Labute approximate surface area is 105 Å². The summed E-state index contributed by atoms with van der Waals surface area (Å²) in [7, 11) is 0. The van der Waals surface area contributed by atoms with E-state index in [1.54, 1.807) is 24.3 Å². The van der Waals surface area contributed by atoms with Gasteiger partial charge in [-0.15, -0.1) is 0 Å². The Morgan fingerprint density at radius 1 is 1.33 bits per heavy atom. The lowest BCUT2D eigenvalue weighted by atomic mass is 10.1. The number of carboxylic acid groups (broad SMARTS) is 1. The smallest absolute Gasteiger partial charge is 0.337 e. The second-order valence-electron chi connectivity index (χ2n) is 4.21. The zero-order valence-electron chi connectivity index (χ0n) is 9.91. The van der Waals surface area contributed by atoms with Crippen LogP contribution >= 0.6 is 0 Å². The SMILES string of the molecule is O=C(O)C(O)c1ccccc1OC1CCOCC1. The maximum Gasteiger partial charge on any atom is 0.337 e. The summed E-state index contributed by atoms with van der Waals surface area (Å²) >= 11 is 0. The van der Waals surface area contributed by atoms with Crippen molar-refractivity contribution in [2.75, 3.05) is 13.2 Å². The molecule has 0 radical (unpaired) electrons. The van der Waals surface area contributed by atoms with Crippen LogP contribution in [-0.2, 0) is 9.53 Å². The molecule has 18 heavy (non-hydrogen) atoms. The van der Waals surface area contributed by atoms with Gasteiger partial charge in [0, 0.05) is 18.4 Å². The van der Waals surface area contributed by atoms with Crippen molar-refractivity contribution in [1.82, 2.24) is 0 Å². The minimum Gasteiger partial charge on any atom is -0.490 e. The van der Waals surface area contributed by atoms with Crippen LogP contribution in [-0.4, -0.2) is 35.5 Å². The predicted molar refractivity (Wildman–Crippen MR) is 63.5 cm³/mol. The quantitative estimate of drug-likeness (QED) is 0.846. The van der Waals surface area contributed by atoms with E-state index in [2.05, 4.69) is 0 Å². The molecule has 1 fully saturated rings. The Morgan fingerprint density at radius 2 is 2.00 bits per heavy atom. The number of aliphatic hydroxyl groups is 1. The third-order valence-electron chi connectivity index (χ3n) is 2.91. The van der Waals surface area contributed by atoms with Crippen molar-refractivity contribution in [2.24, 2.45) is 0 Å². The van der Waals surface area contributed by atoms with E-state index in [0.717, 1.165) is 12.8 Å². The fourth-order valence-electron chi connectivity index (χ4n) is 1.92. The van der Waals surface area contributed by atoms with Crippen molar-refractivity contribution < 1.29 is 24.5 Å². The normalized spacial score (nSPS) is 18.3. The van der Waals surface area contributed by atoms with Gasteiger partial charge in [-0.1, -0.05) is 18.2 Å². The number of aliphatic hydroxyl groups excluding tert-OH is 1. The molecule has 2 rings (SSSR count). The summed E-state index contributed by atoms with van der Waals surface area (Å²) in [5.41, 5.74) is 0.288. The molecule has 1 saturated heterocycles. The van der Waals surface area contributed by atoms with Gasteiger partial charge >= 0.3 is 5.97 Å². The van der Waals surface area contributed by atoms with Crippen LogP contribution < -0.4 is 4.74 Å². The topological polar surface area (TPSA) is 76.0 Å². The molecule has 2 N–H and O–H groups in total. The molecule has 1 aliphatic heterocycles. The molecule has 1 atom stereocenters. The van der Waals surface area contributed by atoms with Crippen molar-refractivity contribution in [3.05, 3.63) is 29.8 Å². The average Bonchev–Trinajstić information content (AvgIpc) is 2.39. The van der Waals surface area contributed by atoms with E-state index < -0.39 is 12.1 Å². The van der Waals surface area contributed by atoms with E-state index >= 15 is 0 Å². The zero-order valence-corrected chi connectivity index (χ0v) is 9.91. The molecule has 1 aliphatic rings. The maximum absolute atomic E-state index is 10.8. The fourth-order valence-corrected chi connectivity index (χ4v) is 1.92. The Kier molecular flexibility index (Phi) is 4.17. The Morgan fingerprint density at radius 3 is 2.67 bits per heavy atom. The van der Waals surface area contributed by atoms with E-state index in [-0.39, 0.29) is 11.7 Å². The van der Waals surface area contributed by atoms with Crippen LogP contribution in [0.4, 0.5) is 0 Å². The number of para-hydroxylation sites is 1. The maximum atomic E-state index is 10.8. The van der Waals surface area contributed by atoms with Crippen LogP contribution in [0.15, 0.2) is 24.3 Å². The number of carbonyl (C=O) groups is 1. The zero-order chi connectivity index (χ0) is 13.0. The molecule has 0 spiro atoms. The molecular formula is C13H16O5. The average molecular weight is 252 g/mol. The number of hydrogen-bond donors (Lipinski definition) is 2. The van der Waals surface area contributed by atoms with Gasteiger partial charge in [0.15, 0.2) is 6.10 Å². The highest BCUT2D eigenvalue weighted by Crippen LogP contribution is 2.27. The van der Waals surface area contributed by atoms with Gasteiger partial charge in [-0.25, -0.2) is 4.79 Å². The van der Waals surface area contributed by atoms with Crippen LogP contribution in [0.1, 0.15) is 24.5 Å². The minimum atomic E-state index is -1.55. The monoisotopic (exact) mass is 252 g/mol. The second kappa shape index (κ2) is 5.84. The molecule has 1 aromatic carbocycles. The van der Waals surface area contributed by atoms with Gasteiger partial charge in [0.2, 0.25) is 0 Å². The Balaban J connectivity index is 2.13. The molecule has 0 aromatic heterocycles. The highest BCUT2D eigenvalue weighted by molar-refractivity contribution is 5.75. The van der Waals surface area contributed by atoms with Crippen molar-refractivity contribution in [3.63, 3.8) is 0 Å². The summed E-state index contributed by atoms with van der Waals surface area (Å²) in [5, 5.41) is 18.4. The second-order valence-corrected chi connectivity index (χ2v) is 4.21. The molecule has 1 heterocycles. The highest BCUT2D eigenvalue weighted by Gasteiger charge is 2.22. The first-order chi connectivity index (χ1) is 8.68. The lowest BCUT2D eigenvalue weighted by molar-refractivity contribution is -0.147. The molecule has 0 amide bonds. The van der Waals surface area contributed by atoms with Gasteiger partial charge < -0.3 is 19.7 Å². The van der Waals surface area contributed by atoms with Crippen LogP contribution in [0.25, 0.3) is 0 Å². The van der Waals surface area contributed by atoms with Gasteiger partial charge in [-0.2, -0.15) is 0 Å². The first kappa shape index (κ1) is 12.9. The van der Waals surface area contributed by atoms with Gasteiger partial charge in [0.25, 0.3) is 0 Å². The fraction of sp³-hybridized carbons (Fsp3) is 0.462. The molecule has 5 nitrogen and oxygen atoms in total. The van der Waals surface area contributed by atoms with Crippen LogP contribution in [0.3, 0.4) is 0 Å². The van der Waals surface area contributed by atoms with Crippen LogP contribution in [0.2, 0.25) is 0 Å². The third kappa shape index (κ3) is 3.00. The van der Waals surface area contributed by atoms with Crippen molar-refractivity contribution in [2.45, 2.75) is 25.0 Å². The Bertz CT molecular complexity index is 412. The molecular weight excluding hydrogens is 236 g/mol. The van der Waals surface area contributed by atoms with E-state index in [9.17, 15) is 9.90 Å². The van der Waals surface area contributed by atoms with Gasteiger partial charge in [-0.3, -0.25) is 0 Å². The summed E-state index contributed by atoms with van der Waals surface area (Å²) in [6.07, 6.45) is 0.0107. The summed E-state index contributed by atoms with van der Waals surface area (Å²) in [5.74, 6) is -0.850.